The van der Waals surface area contributed by atoms with E-state index in [9.17, 15) is 9.59 Å². The monoisotopic (exact) mass is 228 g/mol. The highest BCUT2D eigenvalue weighted by atomic mass is 16.2. The summed E-state index contributed by atoms with van der Waals surface area (Å²) in [6.07, 6.45) is 2.22. The number of amides is 2. The number of carbonyl (C=O) groups is 2. The Morgan fingerprint density at radius 1 is 1.19 bits per heavy atom. The third kappa shape index (κ3) is 7.26. The molecule has 16 heavy (non-hydrogen) atoms. The average molecular weight is 228 g/mol. The molecule has 0 bridgehead atoms. The fourth-order valence-electron chi connectivity index (χ4n) is 1.41. The lowest BCUT2D eigenvalue weighted by Crippen LogP contribution is -2.44. The SMILES string of the molecule is CC(C)CCNC(=O)[C@H](CC(C)C)NC=O. The quantitative estimate of drug-likeness (QED) is 0.615. The molecule has 0 spiro atoms. The minimum Gasteiger partial charge on any atom is -0.354 e. The zero-order valence-corrected chi connectivity index (χ0v) is 10.7. The van der Waals surface area contributed by atoms with E-state index in [1.165, 1.54) is 0 Å². The lowest BCUT2D eigenvalue weighted by atomic mass is 10.0. The van der Waals surface area contributed by atoms with Crippen molar-refractivity contribution in [2.45, 2.75) is 46.6 Å². The van der Waals surface area contributed by atoms with Crippen LogP contribution in [0.1, 0.15) is 40.5 Å². The normalized spacial score (nSPS) is 12.6. The highest BCUT2D eigenvalue weighted by molar-refractivity contribution is 5.83. The van der Waals surface area contributed by atoms with Crippen molar-refractivity contribution in [3.05, 3.63) is 0 Å². The zero-order valence-electron chi connectivity index (χ0n) is 10.7. The molecule has 1 atom stereocenters. The summed E-state index contributed by atoms with van der Waals surface area (Å²) in [5.74, 6) is 0.873. The van der Waals surface area contributed by atoms with Crippen LogP contribution >= 0.6 is 0 Å². The maximum Gasteiger partial charge on any atom is 0.242 e. The van der Waals surface area contributed by atoms with Crippen LogP contribution in [0.4, 0.5) is 0 Å². The Balaban J connectivity index is 4.01. The highest BCUT2D eigenvalue weighted by Crippen LogP contribution is 2.04. The van der Waals surface area contributed by atoms with Gasteiger partial charge in [0.1, 0.15) is 6.04 Å². The molecule has 0 saturated carbocycles. The molecular weight excluding hydrogens is 204 g/mol. The smallest absolute Gasteiger partial charge is 0.242 e. The molecule has 94 valence electrons. The van der Waals surface area contributed by atoms with Gasteiger partial charge in [-0.05, 0) is 24.7 Å². The molecule has 0 radical (unpaired) electrons. The fraction of sp³-hybridized carbons (Fsp3) is 0.833. The fourth-order valence-corrected chi connectivity index (χ4v) is 1.41. The van der Waals surface area contributed by atoms with E-state index in [1.807, 2.05) is 13.8 Å². The van der Waals surface area contributed by atoms with E-state index >= 15 is 0 Å². The van der Waals surface area contributed by atoms with Gasteiger partial charge in [-0.25, -0.2) is 0 Å². The summed E-state index contributed by atoms with van der Waals surface area (Å²) >= 11 is 0. The topological polar surface area (TPSA) is 58.2 Å². The molecule has 0 aliphatic heterocycles. The number of carbonyl (C=O) groups excluding carboxylic acids is 2. The summed E-state index contributed by atoms with van der Waals surface area (Å²) < 4.78 is 0. The minimum absolute atomic E-state index is 0.0820. The molecule has 0 aromatic heterocycles. The third-order valence-electron chi connectivity index (χ3n) is 2.31. The van der Waals surface area contributed by atoms with Crippen LogP contribution in [0.3, 0.4) is 0 Å². The standard InChI is InChI=1S/C12H24N2O2/c1-9(2)5-6-13-12(16)11(14-8-15)7-10(3)4/h8-11H,5-7H2,1-4H3,(H,13,16)(H,14,15)/t11-/m0/s1. The van der Waals surface area contributed by atoms with Gasteiger partial charge in [0.05, 0.1) is 0 Å². The van der Waals surface area contributed by atoms with Crippen molar-refractivity contribution in [2.75, 3.05) is 6.54 Å². The van der Waals surface area contributed by atoms with E-state index in [0.717, 1.165) is 6.42 Å². The molecule has 0 aliphatic carbocycles. The molecule has 0 aliphatic rings. The van der Waals surface area contributed by atoms with Crippen molar-refractivity contribution in [1.82, 2.24) is 10.6 Å². The van der Waals surface area contributed by atoms with Crippen molar-refractivity contribution in [3.8, 4) is 0 Å². The molecule has 0 heterocycles. The van der Waals surface area contributed by atoms with Gasteiger partial charge < -0.3 is 10.6 Å². The van der Waals surface area contributed by atoms with Gasteiger partial charge in [0.25, 0.3) is 0 Å². The van der Waals surface area contributed by atoms with Crippen molar-refractivity contribution < 1.29 is 9.59 Å². The average Bonchev–Trinajstić information content (AvgIpc) is 2.15. The summed E-state index contributed by atoms with van der Waals surface area (Å²) in [5, 5.41) is 5.40. The molecule has 0 unspecified atom stereocenters. The first-order valence-electron chi connectivity index (χ1n) is 5.94. The first-order valence-corrected chi connectivity index (χ1v) is 5.94. The van der Waals surface area contributed by atoms with Crippen LogP contribution in [-0.2, 0) is 9.59 Å². The molecule has 4 heteroatoms. The molecular formula is C12H24N2O2. The Hall–Kier alpha value is -1.06. The van der Waals surface area contributed by atoms with Crippen molar-refractivity contribution >= 4 is 12.3 Å². The van der Waals surface area contributed by atoms with Gasteiger partial charge in [-0.15, -0.1) is 0 Å². The highest BCUT2D eigenvalue weighted by Gasteiger charge is 2.18. The van der Waals surface area contributed by atoms with Crippen LogP contribution in [0.5, 0.6) is 0 Å². The molecule has 2 N–H and O–H groups in total. The summed E-state index contributed by atoms with van der Waals surface area (Å²) in [6.45, 7) is 8.95. The van der Waals surface area contributed by atoms with E-state index in [1.54, 1.807) is 0 Å². The first-order chi connectivity index (χ1) is 7.47. The molecule has 0 fully saturated rings. The molecule has 0 saturated heterocycles. The Bertz CT molecular complexity index is 215. The summed E-state index contributed by atoms with van der Waals surface area (Å²) in [5.41, 5.74) is 0. The van der Waals surface area contributed by atoms with E-state index in [0.29, 0.717) is 31.2 Å². The van der Waals surface area contributed by atoms with E-state index in [4.69, 9.17) is 0 Å². The number of nitrogens with one attached hydrogen (secondary N) is 2. The Morgan fingerprint density at radius 3 is 2.25 bits per heavy atom. The minimum atomic E-state index is -0.398. The van der Waals surface area contributed by atoms with Crippen LogP contribution in [0.15, 0.2) is 0 Å². The number of hydrogen-bond acceptors (Lipinski definition) is 2. The second-order valence-electron chi connectivity index (χ2n) is 4.94. The second-order valence-corrected chi connectivity index (χ2v) is 4.94. The lowest BCUT2D eigenvalue weighted by molar-refractivity contribution is -0.125. The predicted molar refractivity (Wildman–Crippen MR) is 64.9 cm³/mol. The van der Waals surface area contributed by atoms with Gasteiger partial charge in [0, 0.05) is 6.54 Å². The Kier molecular flexibility index (Phi) is 7.60. The maximum atomic E-state index is 11.7. The van der Waals surface area contributed by atoms with Crippen LogP contribution < -0.4 is 10.6 Å². The predicted octanol–water partition coefficient (Wildman–Crippen LogP) is 1.31. The summed E-state index contributed by atoms with van der Waals surface area (Å²) in [6, 6.07) is -0.398. The molecule has 0 aromatic carbocycles. The summed E-state index contributed by atoms with van der Waals surface area (Å²) in [4.78, 5) is 22.1. The Morgan fingerprint density at radius 2 is 1.81 bits per heavy atom. The van der Waals surface area contributed by atoms with Gasteiger partial charge in [-0.3, -0.25) is 9.59 Å². The molecule has 0 rings (SSSR count). The van der Waals surface area contributed by atoms with E-state index < -0.39 is 6.04 Å². The first kappa shape index (κ1) is 14.9. The zero-order chi connectivity index (χ0) is 12.6. The van der Waals surface area contributed by atoms with Gasteiger partial charge >= 0.3 is 0 Å². The van der Waals surface area contributed by atoms with Gasteiger partial charge in [-0.1, -0.05) is 27.7 Å². The van der Waals surface area contributed by atoms with Crippen LogP contribution in [0.25, 0.3) is 0 Å². The summed E-state index contributed by atoms with van der Waals surface area (Å²) in [7, 11) is 0. The largest absolute Gasteiger partial charge is 0.354 e. The van der Waals surface area contributed by atoms with Crippen molar-refractivity contribution in [2.24, 2.45) is 11.8 Å². The number of rotatable bonds is 8. The Labute approximate surface area is 98.2 Å². The van der Waals surface area contributed by atoms with Crippen molar-refractivity contribution in [1.29, 1.82) is 0 Å². The van der Waals surface area contributed by atoms with E-state index in [2.05, 4.69) is 24.5 Å². The lowest BCUT2D eigenvalue weighted by Gasteiger charge is -2.18. The molecule has 0 aromatic rings. The molecule has 4 nitrogen and oxygen atoms in total. The van der Waals surface area contributed by atoms with Crippen LogP contribution in [0, 0.1) is 11.8 Å². The maximum absolute atomic E-state index is 11.7. The second kappa shape index (κ2) is 8.13. The van der Waals surface area contributed by atoms with Gasteiger partial charge in [-0.2, -0.15) is 0 Å². The van der Waals surface area contributed by atoms with Crippen LogP contribution in [0.2, 0.25) is 0 Å². The van der Waals surface area contributed by atoms with Crippen LogP contribution in [-0.4, -0.2) is 24.9 Å². The van der Waals surface area contributed by atoms with E-state index in [-0.39, 0.29) is 5.91 Å². The van der Waals surface area contributed by atoms with Gasteiger partial charge in [0.2, 0.25) is 12.3 Å². The van der Waals surface area contributed by atoms with Gasteiger partial charge in [0.15, 0.2) is 0 Å². The number of hydrogen-bond donors (Lipinski definition) is 2. The van der Waals surface area contributed by atoms with Crippen molar-refractivity contribution in [3.63, 3.8) is 0 Å². The molecule has 2 amide bonds. The third-order valence-corrected chi connectivity index (χ3v) is 2.31.